The Hall–Kier alpha value is -2.67. The quantitative estimate of drug-likeness (QED) is 0.227. The molecule has 0 bridgehead atoms. The van der Waals surface area contributed by atoms with Gasteiger partial charge in [-0.25, -0.2) is 0 Å². The van der Waals surface area contributed by atoms with E-state index in [-0.39, 0.29) is 17.4 Å². The van der Waals surface area contributed by atoms with Crippen molar-refractivity contribution < 1.29 is 4.92 Å². The molecule has 1 aromatic heterocycles. The second kappa shape index (κ2) is 7.52. The van der Waals surface area contributed by atoms with Crippen LogP contribution in [0.25, 0.3) is 22.2 Å². The zero-order valence-electron chi connectivity index (χ0n) is 14.4. The summed E-state index contributed by atoms with van der Waals surface area (Å²) in [6.45, 7) is -0.151. The third-order valence-electron chi connectivity index (χ3n) is 4.76. The summed E-state index contributed by atoms with van der Waals surface area (Å²) in [6.07, 6.45) is 0. The highest BCUT2D eigenvalue weighted by Crippen LogP contribution is 2.39. The molecule has 0 aliphatic rings. The van der Waals surface area contributed by atoms with Crippen molar-refractivity contribution in [1.82, 2.24) is 4.98 Å². The number of fused-ring (bicyclic) bond motifs is 1. The van der Waals surface area contributed by atoms with Crippen molar-refractivity contribution in [3.63, 3.8) is 0 Å². The molecule has 0 spiro atoms. The fraction of sp³-hybridized carbons (Fsp3) is 0.0909. The van der Waals surface area contributed by atoms with Gasteiger partial charge in [0, 0.05) is 19.4 Å². The number of halogens is 1. The normalized spacial score (nSPS) is 12.2. The van der Waals surface area contributed by atoms with Crippen LogP contribution in [0.15, 0.2) is 78.9 Å². The summed E-state index contributed by atoms with van der Waals surface area (Å²) in [5, 5.41) is 12.6. The van der Waals surface area contributed by atoms with Crippen molar-refractivity contribution in [3.8, 4) is 11.3 Å². The first kappa shape index (κ1) is 17.7. The van der Waals surface area contributed by atoms with E-state index < -0.39 is 0 Å². The van der Waals surface area contributed by atoms with Crippen molar-refractivity contribution >= 4 is 33.5 Å². The first-order chi connectivity index (χ1) is 13.1. The summed E-state index contributed by atoms with van der Waals surface area (Å²) < 4.78 is 1.11. The van der Waals surface area contributed by atoms with E-state index in [2.05, 4.69) is 27.6 Å². The highest BCUT2D eigenvalue weighted by Gasteiger charge is 2.27. The minimum absolute atomic E-state index is 0.151. The number of nitro groups is 1. The van der Waals surface area contributed by atoms with Gasteiger partial charge in [-0.1, -0.05) is 60.7 Å². The lowest BCUT2D eigenvalue weighted by Crippen LogP contribution is -2.14. The molecule has 3 aromatic carbocycles. The summed E-state index contributed by atoms with van der Waals surface area (Å²) in [5.74, 6) is -0.330. The minimum Gasteiger partial charge on any atom is -0.354 e. The zero-order chi connectivity index (χ0) is 18.8. The van der Waals surface area contributed by atoms with E-state index in [9.17, 15) is 10.1 Å². The van der Waals surface area contributed by atoms with Crippen LogP contribution in [0.4, 0.5) is 0 Å². The Morgan fingerprint density at radius 1 is 0.926 bits per heavy atom. The second-order valence-corrected chi connectivity index (χ2v) is 7.69. The van der Waals surface area contributed by atoms with Gasteiger partial charge in [0.15, 0.2) is 0 Å². The van der Waals surface area contributed by atoms with Crippen LogP contribution in [0.2, 0.25) is 0 Å². The topological polar surface area (TPSA) is 58.9 Å². The van der Waals surface area contributed by atoms with Gasteiger partial charge in [0.05, 0.1) is 11.6 Å². The van der Waals surface area contributed by atoms with Crippen molar-refractivity contribution in [1.29, 1.82) is 0 Å². The van der Waals surface area contributed by atoms with Gasteiger partial charge in [0.1, 0.15) is 0 Å². The number of hydrogen-bond acceptors (Lipinski definition) is 2. The summed E-state index contributed by atoms with van der Waals surface area (Å²) in [6, 6.07) is 26.0. The maximum atomic E-state index is 11.5. The van der Waals surface area contributed by atoms with Crippen molar-refractivity contribution in [2.24, 2.45) is 0 Å². The van der Waals surface area contributed by atoms with Crippen molar-refractivity contribution in [2.75, 3.05) is 6.54 Å². The predicted octanol–water partition coefficient (Wildman–Crippen LogP) is 5.85. The first-order valence-electron chi connectivity index (χ1n) is 8.67. The van der Waals surface area contributed by atoms with E-state index >= 15 is 0 Å². The van der Waals surface area contributed by atoms with Crippen LogP contribution in [0.3, 0.4) is 0 Å². The van der Waals surface area contributed by atoms with E-state index in [0.29, 0.717) is 0 Å². The van der Waals surface area contributed by atoms with E-state index in [1.54, 1.807) is 0 Å². The molecule has 134 valence electrons. The average molecular weight is 468 g/mol. The van der Waals surface area contributed by atoms with Crippen LogP contribution in [-0.2, 0) is 0 Å². The Labute approximate surface area is 170 Å². The monoisotopic (exact) mass is 468 g/mol. The maximum Gasteiger partial charge on any atom is 0.214 e. The molecule has 0 radical (unpaired) electrons. The second-order valence-electron chi connectivity index (χ2n) is 6.44. The molecule has 0 amide bonds. The van der Waals surface area contributed by atoms with Gasteiger partial charge in [-0.2, -0.15) is 0 Å². The molecule has 1 atom stereocenters. The minimum atomic E-state index is -0.330. The molecule has 1 unspecified atom stereocenters. The first-order valence-corrected chi connectivity index (χ1v) is 9.74. The summed E-state index contributed by atoms with van der Waals surface area (Å²) in [5.41, 5.74) is 4.90. The van der Waals surface area contributed by atoms with Gasteiger partial charge in [-0.15, -0.1) is 0 Å². The summed E-state index contributed by atoms with van der Waals surface area (Å²) >= 11 is 2.25. The van der Waals surface area contributed by atoms with Crippen LogP contribution < -0.4 is 0 Å². The van der Waals surface area contributed by atoms with Gasteiger partial charge in [0.25, 0.3) is 0 Å². The third kappa shape index (κ3) is 3.60. The molecule has 1 N–H and O–H groups in total. The molecule has 4 nitrogen and oxygen atoms in total. The number of nitrogens with zero attached hydrogens (tertiary/aromatic N) is 1. The van der Waals surface area contributed by atoms with E-state index in [4.69, 9.17) is 0 Å². The molecule has 0 saturated heterocycles. The largest absolute Gasteiger partial charge is 0.354 e. The molecular weight excluding hydrogens is 451 g/mol. The van der Waals surface area contributed by atoms with Gasteiger partial charge < -0.3 is 4.98 Å². The van der Waals surface area contributed by atoms with Crippen LogP contribution in [0, 0.1) is 13.7 Å². The van der Waals surface area contributed by atoms with Gasteiger partial charge in [-0.05, 0) is 57.5 Å². The number of H-pyrrole nitrogens is 1. The molecule has 4 aromatic rings. The lowest BCUT2D eigenvalue weighted by atomic mass is 9.87. The number of aromatic amines is 1. The van der Waals surface area contributed by atoms with Crippen LogP contribution in [0.1, 0.15) is 17.0 Å². The fourth-order valence-corrected chi connectivity index (χ4v) is 3.93. The Kier molecular flexibility index (Phi) is 4.94. The number of rotatable bonds is 5. The Balaban J connectivity index is 1.98. The zero-order valence-corrected chi connectivity index (χ0v) is 16.6. The molecule has 0 aliphatic heterocycles. The number of benzene rings is 3. The lowest BCUT2D eigenvalue weighted by Gasteiger charge is -2.16. The SMILES string of the molecule is O=[N+]([O-])CC(c1ccc(I)cc1)c1c(-c2ccccc2)[nH]c2ccccc12. The molecule has 5 heteroatoms. The third-order valence-corrected chi connectivity index (χ3v) is 5.48. The number of nitrogens with one attached hydrogen (secondary N) is 1. The van der Waals surface area contributed by atoms with Crippen LogP contribution >= 0.6 is 22.6 Å². The number of aromatic nitrogens is 1. The molecule has 4 rings (SSSR count). The highest BCUT2D eigenvalue weighted by molar-refractivity contribution is 14.1. The van der Waals surface area contributed by atoms with Crippen molar-refractivity contribution in [3.05, 3.63) is 104 Å². The smallest absolute Gasteiger partial charge is 0.214 e. The molecule has 1 heterocycles. The van der Waals surface area contributed by atoms with Gasteiger partial charge in [-0.3, -0.25) is 10.1 Å². The summed E-state index contributed by atoms with van der Waals surface area (Å²) in [7, 11) is 0. The standard InChI is InChI=1S/C22H17IN2O2/c23-17-12-10-15(11-13-17)19(14-25(26)27)21-18-8-4-5-9-20(18)24-22(21)16-6-2-1-3-7-16/h1-13,19,24H,14H2. The van der Waals surface area contributed by atoms with E-state index in [0.717, 1.165) is 36.9 Å². The Bertz CT molecular complexity index is 1090. The maximum absolute atomic E-state index is 11.5. The molecule has 0 fully saturated rings. The van der Waals surface area contributed by atoms with E-state index in [1.807, 2.05) is 78.9 Å². The summed E-state index contributed by atoms with van der Waals surface area (Å²) in [4.78, 5) is 14.8. The van der Waals surface area contributed by atoms with Crippen molar-refractivity contribution in [2.45, 2.75) is 5.92 Å². The molecule has 0 aliphatic carbocycles. The van der Waals surface area contributed by atoms with Gasteiger partial charge >= 0.3 is 0 Å². The Morgan fingerprint density at radius 2 is 1.59 bits per heavy atom. The molecule has 27 heavy (non-hydrogen) atoms. The predicted molar refractivity (Wildman–Crippen MR) is 117 cm³/mol. The highest BCUT2D eigenvalue weighted by atomic mass is 127. The van der Waals surface area contributed by atoms with E-state index in [1.165, 1.54) is 0 Å². The van der Waals surface area contributed by atoms with Gasteiger partial charge in [0.2, 0.25) is 6.54 Å². The molecular formula is C22H17IN2O2. The number of hydrogen-bond donors (Lipinski definition) is 1. The molecule has 0 saturated carbocycles. The van der Waals surface area contributed by atoms with Crippen LogP contribution in [-0.4, -0.2) is 16.5 Å². The lowest BCUT2D eigenvalue weighted by molar-refractivity contribution is -0.481. The Morgan fingerprint density at radius 3 is 2.30 bits per heavy atom. The number of para-hydroxylation sites is 1. The average Bonchev–Trinajstić information content (AvgIpc) is 3.07. The fourth-order valence-electron chi connectivity index (χ4n) is 3.57. The van der Waals surface area contributed by atoms with Crippen LogP contribution in [0.5, 0.6) is 0 Å².